The van der Waals surface area contributed by atoms with Gasteiger partial charge in [-0.3, -0.25) is 4.68 Å². The Labute approximate surface area is 109 Å². The lowest BCUT2D eigenvalue weighted by Gasteiger charge is -2.11. The standard InChI is InChI=1S/C15H21N3/c1-4-12(2)13-5-7-14(8-6-13)16-11-15-9-10-17-18(15)3/h5-10,12,16H,4,11H2,1-3H3. The highest BCUT2D eigenvalue weighted by Gasteiger charge is 2.02. The van der Waals surface area contributed by atoms with E-state index >= 15 is 0 Å². The summed E-state index contributed by atoms with van der Waals surface area (Å²) in [5.74, 6) is 0.635. The maximum absolute atomic E-state index is 4.15. The van der Waals surface area contributed by atoms with E-state index in [1.165, 1.54) is 17.7 Å². The SMILES string of the molecule is CCC(C)c1ccc(NCc2ccnn2C)cc1. The summed E-state index contributed by atoms with van der Waals surface area (Å²) in [7, 11) is 1.96. The van der Waals surface area contributed by atoms with E-state index in [4.69, 9.17) is 0 Å². The molecule has 0 bridgehead atoms. The molecule has 0 saturated heterocycles. The summed E-state index contributed by atoms with van der Waals surface area (Å²) in [6, 6.07) is 10.7. The Morgan fingerprint density at radius 1 is 1.22 bits per heavy atom. The fourth-order valence-corrected chi connectivity index (χ4v) is 1.93. The molecule has 2 rings (SSSR count). The van der Waals surface area contributed by atoms with Crippen LogP contribution in [0.25, 0.3) is 0 Å². The second-order valence-corrected chi connectivity index (χ2v) is 4.73. The van der Waals surface area contributed by atoms with Gasteiger partial charge in [0.15, 0.2) is 0 Å². The Morgan fingerprint density at radius 2 is 1.94 bits per heavy atom. The zero-order chi connectivity index (χ0) is 13.0. The van der Waals surface area contributed by atoms with E-state index in [0.29, 0.717) is 5.92 Å². The predicted octanol–water partition coefficient (Wildman–Crippen LogP) is 3.55. The van der Waals surface area contributed by atoms with E-state index in [2.05, 4.69) is 48.5 Å². The van der Waals surface area contributed by atoms with Gasteiger partial charge < -0.3 is 5.32 Å². The van der Waals surface area contributed by atoms with Crippen LogP contribution in [0.3, 0.4) is 0 Å². The molecule has 1 unspecified atom stereocenters. The molecule has 0 aliphatic rings. The highest BCUT2D eigenvalue weighted by atomic mass is 15.3. The highest BCUT2D eigenvalue weighted by Crippen LogP contribution is 2.20. The summed E-state index contributed by atoms with van der Waals surface area (Å²) in [5.41, 5.74) is 3.74. The number of benzene rings is 1. The van der Waals surface area contributed by atoms with Gasteiger partial charge in [-0.05, 0) is 36.1 Å². The van der Waals surface area contributed by atoms with Gasteiger partial charge in [-0.1, -0.05) is 26.0 Å². The summed E-state index contributed by atoms with van der Waals surface area (Å²) in [6.45, 7) is 5.29. The van der Waals surface area contributed by atoms with Crippen molar-refractivity contribution in [2.75, 3.05) is 5.32 Å². The minimum Gasteiger partial charge on any atom is -0.379 e. The zero-order valence-electron chi connectivity index (χ0n) is 11.4. The number of hydrogen-bond donors (Lipinski definition) is 1. The number of nitrogens with zero attached hydrogens (tertiary/aromatic N) is 2. The first kappa shape index (κ1) is 12.7. The number of rotatable bonds is 5. The van der Waals surface area contributed by atoms with Crippen molar-refractivity contribution < 1.29 is 0 Å². The van der Waals surface area contributed by atoms with Crippen LogP contribution in [-0.4, -0.2) is 9.78 Å². The van der Waals surface area contributed by atoms with Crippen molar-refractivity contribution in [3.05, 3.63) is 47.8 Å². The minimum absolute atomic E-state index is 0.635. The van der Waals surface area contributed by atoms with Gasteiger partial charge >= 0.3 is 0 Å². The van der Waals surface area contributed by atoms with E-state index in [9.17, 15) is 0 Å². The first-order valence-corrected chi connectivity index (χ1v) is 6.51. The van der Waals surface area contributed by atoms with Crippen LogP contribution in [0.15, 0.2) is 36.5 Å². The van der Waals surface area contributed by atoms with Crippen LogP contribution in [0.5, 0.6) is 0 Å². The van der Waals surface area contributed by atoms with Crippen molar-refractivity contribution >= 4 is 5.69 Å². The molecule has 0 saturated carbocycles. The van der Waals surface area contributed by atoms with Crippen LogP contribution < -0.4 is 5.32 Å². The van der Waals surface area contributed by atoms with E-state index in [-0.39, 0.29) is 0 Å². The smallest absolute Gasteiger partial charge is 0.0571 e. The van der Waals surface area contributed by atoms with Gasteiger partial charge in [0, 0.05) is 18.9 Å². The van der Waals surface area contributed by atoms with Crippen molar-refractivity contribution in [3.8, 4) is 0 Å². The molecule has 18 heavy (non-hydrogen) atoms. The first-order valence-electron chi connectivity index (χ1n) is 6.51. The zero-order valence-corrected chi connectivity index (χ0v) is 11.4. The molecule has 0 aliphatic carbocycles. The lowest BCUT2D eigenvalue weighted by Crippen LogP contribution is -2.05. The summed E-state index contributed by atoms with van der Waals surface area (Å²) in [4.78, 5) is 0. The summed E-state index contributed by atoms with van der Waals surface area (Å²) in [6.07, 6.45) is 3.00. The van der Waals surface area contributed by atoms with Gasteiger partial charge in [0.25, 0.3) is 0 Å². The molecular formula is C15H21N3. The molecule has 1 N–H and O–H groups in total. The van der Waals surface area contributed by atoms with E-state index in [1.54, 1.807) is 0 Å². The Kier molecular flexibility index (Phi) is 4.03. The summed E-state index contributed by atoms with van der Waals surface area (Å²) < 4.78 is 1.89. The Balaban J connectivity index is 1.96. The van der Waals surface area contributed by atoms with Crippen molar-refractivity contribution in [2.45, 2.75) is 32.7 Å². The van der Waals surface area contributed by atoms with Crippen LogP contribution in [0.1, 0.15) is 37.4 Å². The van der Waals surface area contributed by atoms with Gasteiger partial charge in [-0.2, -0.15) is 5.10 Å². The normalized spacial score (nSPS) is 12.4. The van der Waals surface area contributed by atoms with Gasteiger partial charge in [0.1, 0.15) is 0 Å². The molecule has 3 nitrogen and oxygen atoms in total. The van der Waals surface area contributed by atoms with Crippen LogP contribution >= 0.6 is 0 Å². The monoisotopic (exact) mass is 243 g/mol. The molecule has 1 aromatic carbocycles. The molecule has 1 heterocycles. The van der Waals surface area contributed by atoms with Crippen LogP contribution in [-0.2, 0) is 13.6 Å². The second kappa shape index (κ2) is 5.71. The quantitative estimate of drug-likeness (QED) is 0.870. The highest BCUT2D eigenvalue weighted by molar-refractivity contribution is 5.45. The Hall–Kier alpha value is -1.77. The average molecular weight is 243 g/mol. The van der Waals surface area contributed by atoms with Gasteiger partial charge in [0.2, 0.25) is 0 Å². The van der Waals surface area contributed by atoms with E-state index in [1.807, 2.05) is 24.0 Å². The number of anilines is 1. The Morgan fingerprint density at radius 3 is 2.50 bits per heavy atom. The molecule has 1 aromatic heterocycles. The van der Waals surface area contributed by atoms with E-state index < -0.39 is 0 Å². The molecule has 96 valence electrons. The summed E-state index contributed by atoms with van der Waals surface area (Å²) >= 11 is 0. The van der Waals surface area contributed by atoms with Gasteiger partial charge in [-0.15, -0.1) is 0 Å². The van der Waals surface area contributed by atoms with Crippen LogP contribution in [0.2, 0.25) is 0 Å². The van der Waals surface area contributed by atoms with Crippen molar-refractivity contribution in [2.24, 2.45) is 7.05 Å². The second-order valence-electron chi connectivity index (χ2n) is 4.73. The molecule has 0 aliphatic heterocycles. The fraction of sp³-hybridized carbons (Fsp3) is 0.400. The molecule has 0 spiro atoms. The molecule has 0 amide bonds. The fourth-order valence-electron chi connectivity index (χ4n) is 1.93. The average Bonchev–Trinajstić information content (AvgIpc) is 2.81. The van der Waals surface area contributed by atoms with Crippen molar-refractivity contribution in [3.63, 3.8) is 0 Å². The maximum atomic E-state index is 4.15. The first-order chi connectivity index (χ1) is 8.70. The largest absolute Gasteiger partial charge is 0.379 e. The number of aryl methyl sites for hydroxylation is 1. The molecule has 3 heteroatoms. The van der Waals surface area contributed by atoms with Crippen LogP contribution in [0.4, 0.5) is 5.69 Å². The third kappa shape index (κ3) is 2.92. The third-order valence-electron chi connectivity index (χ3n) is 3.49. The maximum Gasteiger partial charge on any atom is 0.0571 e. The number of hydrogen-bond acceptors (Lipinski definition) is 2. The third-order valence-corrected chi connectivity index (χ3v) is 3.49. The van der Waals surface area contributed by atoms with Gasteiger partial charge in [-0.25, -0.2) is 0 Å². The van der Waals surface area contributed by atoms with Gasteiger partial charge in [0.05, 0.1) is 12.2 Å². The minimum atomic E-state index is 0.635. The number of aromatic nitrogens is 2. The van der Waals surface area contributed by atoms with E-state index in [0.717, 1.165) is 12.2 Å². The molecule has 0 fully saturated rings. The number of nitrogens with one attached hydrogen (secondary N) is 1. The molecule has 2 aromatic rings. The van der Waals surface area contributed by atoms with Crippen molar-refractivity contribution in [1.82, 2.24) is 9.78 Å². The Bertz CT molecular complexity index is 485. The van der Waals surface area contributed by atoms with Crippen molar-refractivity contribution in [1.29, 1.82) is 0 Å². The lowest BCUT2D eigenvalue weighted by molar-refractivity contribution is 0.720. The van der Waals surface area contributed by atoms with Crippen LogP contribution in [0, 0.1) is 0 Å². The summed E-state index contributed by atoms with van der Waals surface area (Å²) in [5, 5.41) is 7.57. The molecule has 1 atom stereocenters. The predicted molar refractivity (Wildman–Crippen MR) is 75.7 cm³/mol. The lowest BCUT2D eigenvalue weighted by atomic mass is 9.99. The molecule has 0 radical (unpaired) electrons. The molecular weight excluding hydrogens is 222 g/mol. The topological polar surface area (TPSA) is 29.9 Å².